The first-order chi connectivity index (χ1) is 8.95. The number of nitrogens with zero attached hydrogens (tertiary/aromatic N) is 1. The van der Waals surface area contributed by atoms with Gasteiger partial charge in [0.15, 0.2) is 0 Å². The second-order valence-corrected chi connectivity index (χ2v) is 3.64. The first-order valence-corrected chi connectivity index (χ1v) is 5.42. The van der Waals surface area contributed by atoms with E-state index in [1.807, 2.05) is 0 Å². The second kappa shape index (κ2) is 6.34. The molecule has 102 valence electrons. The van der Waals surface area contributed by atoms with Gasteiger partial charge in [0.05, 0.1) is 16.2 Å². The summed E-state index contributed by atoms with van der Waals surface area (Å²) in [6.45, 7) is 0.182. The summed E-state index contributed by atoms with van der Waals surface area (Å²) < 4.78 is 0. The number of nitrogens with one attached hydrogen (secondary N) is 2. The van der Waals surface area contributed by atoms with Gasteiger partial charge in [-0.05, 0) is 6.07 Å². The summed E-state index contributed by atoms with van der Waals surface area (Å²) in [5.74, 6) is -1.41. The molecule has 0 fully saturated rings. The Morgan fingerprint density at radius 2 is 2.11 bits per heavy atom. The molecule has 1 amide bonds. The van der Waals surface area contributed by atoms with Gasteiger partial charge >= 0.3 is 5.97 Å². The zero-order valence-corrected chi connectivity index (χ0v) is 10.2. The highest BCUT2D eigenvalue weighted by Gasteiger charge is 2.15. The van der Waals surface area contributed by atoms with Crippen molar-refractivity contribution < 1.29 is 19.6 Å². The number of nitro groups is 1. The van der Waals surface area contributed by atoms with Crippen LogP contribution in [0.15, 0.2) is 18.2 Å². The highest BCUT2D eigenvalue weighted by atomic mass is 16.6. The van der Waals surface area contributed by atoms with Crippen LogP contribution in [0.5, 0.6) is 0 Å². The lowest BCUT2D eigenvalue weighted by Gasteiger charge is -2.08. The molecule has 0 atom stereocenters. The van der Waals surface area contributed by atoms with Crippen LogP contribution in [0.25, 0.3) is 0 Å². The fraction of sp³-hybridized carbons (Fsp3) is 0.273. The number of carboxylic acid groups (broad SMARTS) is 1. The van der Waals surface area contributed by atoms with Gasteiger partial charge in [-0.25, -0.2) is 4.79 Å². The number of nitro benzene ring substituents is 1. The van der Waals surface area contributed by atoms with E-state index in [0.717, 1.165) is 18.2 Å². The Bertz CT molecular complexity index is 515. The number of carbonyl (C=O) groups excluding carboxylic acids is 1. The Kier molecular flexibility index (Phi) is 4.81. The van der Waals surface area contributed by atoms with Gasteiger partial charge in [-0.15, -0.1) is 0 Å². The summed E-state index contributed by atoms with van der Waals surface area (Å²) in [5, 5.41) is 24.7. The second-order valence-electron chi connectivity index (χ2n) is 3.64. The molecule has 1 rings (SSSR count). The van der Waals surface area contributed by atoms with E-state index in [2.05, 4.69) is 10.6 Å². The first-order valence-electron chi connectivity index (χ1n) is 5.42. The minimum atomic E-state index is -1.20. The Labute approximate surface area is 108 Å². The van der Waals surface area contributed by atoms with Crippen molar-refractivity contribution in [1.29, 1.82) is 0 Å². The third kappa shape index (κ3) is 3.95. The molecule has 0 saturated heterocycles. The van der Waals surface area contributed by atoms with Crippen molar-refractivity contribution in [3.63, 3.8) is 0 Å². The molecule has 8 nitrogen and oxygen atoms in total. The van der Waals surface area contributed by atoms with Gasteiger partial charge < -0.3 is 15.7 Å². The third-order valence-electron chi connectivity index (χ3n) is 2.39. The van der Waals surface area contributed by atoms with Crippen LogP contribution in [-0.2, 0) is 4.79 Å². The van der Waals surface area contributed by atoms with Gasteiger partial charge in [-0.1, -0.05) is 0 Å². The maximum Gasteiger partial charge on any atom is 0.337 e. The quantitative estimate of drug-likeness (QED) is 0.518. The van der Waals surface area contributed by atoms with Crippen molar-refractivity contribution in [2.45, 2.75) is 6.42 Å². The first kappa shape index (κ1) is 14.4. The van der Waals surface area contributed by atoms with Crippen LogP contribution >= 0.6 is 0 Å². The molecule has 0 heterocycles. The molecule has 8 heteroatoms. The van der Waals surface area contributed by atoms with Crippen molar-refractivity contribution in [2.75, 3.05) is 18.9 Å². The number of hydrogen-bond acceptors (Lipinski definition) is 5. The lowest BCUT2D eigenvalue weighted by Crippen LogP contribution is -2.21. The highest BCUT2D eigenvalue weighted by molar-refractivity contribution is 5.94. The van der Waals surface area contributed by atoms with Gasteiger partial charge in [0.2, 0.25) is 5.91 Å². The fourth-order valence-electron chi connectivity index (χ4n) is 1.41. The number of carbonyl (C=O) groups is 2. The Morgan fingerprint density at radius 1 is 1.42 bits per heavy atom. The van der Waals surface area contributed by atoms with Crippen molar-refractivity contribution in [2.24, 2.45) is 0 Å². The van der Waals surface area contributed by atoms with E-state index in [0.29, 0.717) is 0 Å². The molecule has 0 radical (unpaired) electrons. The van der Waals surface area contributed by atoms with Crippen LogP contribution in [0.3, 0.4) is 0 Å². The maximum atomic E-state index is 11.0. The summed E-state index contributed by atoms with van der Waals surface area (Å²) in [7, 11) is 1.48. The molecule has 0 aliphatic heterocycles. The summed E-state index contributed by atoms with van der Waals surface area (Å²) in [4.78, 5) is 32.0. The largest absolute Gasteiger partial charge is 0.478 e. The minimum absolute atomic E-state index is 0.0810. The summed E-state index contributed by atoms with van der Waals surface area (Å²) in [6, 6.07) is 3.41. The summed E-state index contributed by atoms with van der Waals surface area (Å²) in [6.07, 6.45) is 0.137. The average Bonchev–Trinajstić information content (AvgIpc) is 2.37. The van der Waals surface area contributed by atoms with Crippen LogP contribution in [-0.4, -0.2) is 35.5 Å². The van der Waals surface area contributed by atoms with Crippen LogP contribution < -0.4 is 10.6 Å². The third-order valence-corrected chi connectivity index (χ3v) is 2.39. The molecule has 3 N–H and O–H groups in total. The molecular weight excluding hydrogens is 254 g/mol. The monoisotopic (exact) mass is 267 g/mol. The summed E-state index contributed by atoms with van der Waals surface area (Å²) in [5.41, 5.74) is -0.180. The van der Waals surface area contributed by atoms with Crippen molar-refractivity contribution >= 4 is 23.3 Å². The number of aromatic carboxylic acids is 1. The summed E-state index contributed by atoms with van der Waals surface area (Å²) >= 11 is 0. The van der Waals surface area contributed by atoms with Crippen molar-refractivity contribution in [1.82, 2.24) is 5.32 Å². The lowest BCUT2D eigenvalue weighted by molar-refractivity contribution is -0.384. The van der Waals surface area contributed by atoms with Crippen LogP contribution in [0, 0.1) is 10.1 Å². The van der Waals surface area contributed by atoms with E-state index in [9.17, 15) is 19.7 Å². The normalized spacial score (nSPS) is 9.74. The van der Waals surface area contributed by atoms with E-state index in [1.165, 1.54) is 7.05 Å². The predicted molar refractivity (Wildman–Crippen MR) is 67.2 cm³/mol. The standard InChI is InChI=1S/C11H13N3O5/c1-12-10(15)4-5-13-9-6-7(14(18)19)2-3-8(9)11(16)17/h2-3,6,13H,4-5H2,1H3,(H,12,15)(H,16,17). The molecule has 19 heavy (non-hydrogen) atoms. The molecule has 0 aliphatic carbocycles. The number of benzene rings is 1. The zero-order valence-electron chi connectivity index (χ0n) is 10.2. The van der Waals surface area contributed by atoms with Gasteiger partial charge in [0.1, 0.15) is 0 Å². The smallest absolute Gasteiger partial charge is 0.337 e. The van der Waals surface area contributed by atoms with Crippen LogP contribution in [0.2, 0.25) is 0 Å². The zero-order chi connectivity index (χ0) is 14.4. The SMILES string of the molecule is CNC(=O)CCNc1cc([N+](=O)[O-])ccc1C(=O)O. The number of anilines is 1. The number of rotatable bonds is 6. The molecule has 1 aromatic rings. The van der Waals surface area contributed by atoms with Gasteiger partial charge in [-0.2, -0.15) is 0 Å². The number of amides is 1. The van der Waals surface area contributed by atoms with Crippen molar-refractivity contribution in [3.8, 4) is 0 Å². The average molecular weight is 267 g/mol. The molecule has 1 aromatic carbocycles. The van der Waals surface area contributed by atoms with Gasteiger partial charge in [-0.3, -0.25) is 14.9 Å². The molecular formula is C11H13N3O5. The van der Waals surface area contributed by atoms with E-state index in [-0.39, 0.29) is 35.8 Å². The number of non-ortho nitro benzene ring substituents is 1. The van der Waals surface area contributed by atoms with Crippen molar-refractivity contribution in [3.05, 3.63) is 33.9 Å². The molecule has 0 aromatic heterocycles. The topological polar surface area (TPSA) is 122 Å². The van der Waals surface area contributed by atoms with E-state index in [1.54, 1.807) is 0 Å². The number of hydrogen-bond donors (Lipinski definition) is 3. The Balaban J connectivity index is 2.88. The molecule has 0 saturated carbocycles. The molecule has 0 aliphatic rings. The molecule has 0 bridgehead atoms. The lowest BCUT2D eigenvalue weighted by atomic mass is 10.1. The maximum absolute atomic E-state index is 11.0. The van der Waals surface area contributed by atoms with Crippen LogP contribution in [0.4, 0.5) is 11.4 Å². The van der Waals surface area contributed by atoms with Gasteiger partial charge in [0, 0.05) is 32.1 Å². The highest BCUT2D eigenvalue weighted by Crippen LogP contribution is 2.22. The molecule has 0 spiro atoms. The van der Waals surface area contributed by atoms with Crippen LogP contribution in [0.1, 0.15) is 16.8 Å². The van der Waals surface area contributed by atoms with Gasteiger partial charge in [0.25, 0.3) is 5.69 Å². The number of carboxylic acids is 1. The van der Waals surface area contributed by atoms with E-state index < -0.39 is 10.9 Å². The van der Waals surface area contributed by atoms with E-state index in [4.69, 9.17) is 5.11 Å². The fourth-order valence-corrected chi connectivity index (χ4v) is 1.41. The minimum Gasteiger partial charge on any atom is -0.478 e. The molecule has 0 unspecified atom stereocenters. The predicted octanol–water partition coefficient (Wildman–Crippen LogP) is 0.841. The Morgan fingerprint density at radius 3 is 2.63 bits per heavy atom. The Hall–Kier alpha value is -2.64. The van der Waals surface area contributed by atoms with E-state index >= 15 is 0 Å².